The molecule has 1 aromatic rings. The summed E-state index contributed by atoms with van der Waals surface area (Å²) in [7, 11) is 0. The first-order chi connectivity index (χ1) is 12.1. The second-order valence-electron chi connectivity index (χ2n) is 7.67. The van der Waals surface area contributed by atoms with E-state index in [1.165, 1.54) is 25.1 Å². The third kappa shape index (κ3) is 3.50. The van der Waals surface area contributed by atoms with E-state index in [-0.39, 0.29) is 23.3 Å². The molecule has 1 saturated carbocycles. The molecule has 3 aliphatic rings. The highest BCUT2D eigenvalue weighted by Crippen LogP contribution is 2.48. The van der Waals surface area contributed by atoms with Crippen LogP contribution in [0, 0.1) is 11.2 Å². The van der Waals surface area contributed by atoms with Crippen LogP contribution < -0.4 is 4.90 Å². The number of carbonyl (C=O) groups is 1. The first-order valence-corrected chi connectivity index (χ1v) is 9.45. The van der Waals surface area contributed by atoms with E-state index >= 15 is 0 Å². The number of halogens is 1. The summed E-state index contributed by atoms with van der Waals surface area (Å²) in [5, 5.41) is 0. The molecule has 136 valence electrons. The van der Waals surface area contributed by atoms with Gasteiger partial charge in [0.05, 0.1) is 11.6 Å². The zero-order valence-corrected chi connectivity index (χ0v) is 14.6. The maximum Gasteiger partial charge on any atom is 0.312 e. The SMILES string of the molecule is O=C1O[C@H](CCN2CCN(c3ccc(F)cn3)CC2)CC12CCCC2. The van der Waals surface area contributed by atoms with Crippen molar-refractivity contribution >= 4 is 11.8 Å². The van der Waals surface area contributed by atoms with Gasteiger partial charge in [0.25, 0.3) is 0 Å². The van der Waals surface area contributed by atoms with Crippen LogP contribution in [0.3, 0.4) is 0 Å². The average molecular weight is 347 g/mol. The molecule has 25 heavy (non-hydrogen) atoms. The molecule has 3 fully saturated rings. The number of hydrogen-bond acceptors (Lipinski definition) is 5. The molecule has 0 aromatic carbocycles. The molecule has 0 amide bonds. The van der Waals surface area contributed by atoms with Gasteiger partial charge in [-0.3, -0.25) is 9.69 Å². The highest BCUT2D eigenvalue weighted by molar-refractivity contribution is 5.79. The van der Waals surface area contributed by atoms with Crippen LogP contribution in [0.15, 0.2) is 18.3 Å². The second kappa shape index (κ2) is 6.90. The molecule has 0 bridgehead atoms. The van der Waals surface area contributed by atoms with E-state index in [1.54, 1.807) is 6.07 Å². The van der Waals surface area contributed by atoms with Crippen molar-refractivity contribution in [3.63, 3.8) is 0 Å². The molecule has 1 aromatic heterocycles. The molecule has 0 N–H and O–H groups in total. The predicted molar refractivity (Wildman–Crippen MR) is 92.9 cm³/mol. The molecule has 0 radical (unpaired) electrons. The molecule has 3 heterocycles. The van der Waals surface area contributed by atoms with Crippen LogP contribution in [0.4, 0.5) is 10.2 Å². The van der Waals surface area contributed by atoms with Crippen LogP contribution >= 0.6 is 0 Å². The minimum absolute atomic E-state index is 0.0576. The summed E-state index contributed by atoms with van der Waals surface area (Å²) in [6.45, 7) is 4.69. The second-order valence-corrected chi connectivity index (χ2v) is 7.67. The van der Waals surface area contributed by atoms with E-state index in [0.29, 0.717) is 0 Å². The summed E-state index contributed by atoms with van der Waals surface area (Å²) in [4.78, 5) is 21.0. The lowest BCUT2D eigenvalue weighted by Crippen LogP contribution is -2.47. The third-order valence-corrected chi connectivity index (χ3v) is 6.06. The van der Waals surface area contributed by atoms with Gasteiger partial charge in [-0.1, -0.05) is 12.8 Å². The molecule has 5 nitrogen and oxygen atoms in total. The number of cyclic esters (lactones) is 1. The standard InChI is InChI=1S/C19H26FN3O2/c20-15-3-4-17(21-14-15)23-11-9-22(10-12-23)8-5-16-13-19(18(24)25-16)6-1-2-7-19/h3-4,14,16H,1-2,5-13H2/t16-/m1/s1. The van der Waals surface area contributed by atoms with Gasteiger partial charge in [0.15, 0.2) is 0 Å². The van der Waals surface area contributed by atoms with Crippen LogP contribution in [0.2, 0.25) is 0 Å². The lowest BCUT2D eigenvalue weighted by atomic mass is 9.83. The summed E-state index contributed by atoms with van der Waals surface area (Å²) in [6, 6.07) is 3.20. The van der Waals surface area contributed by atoms with Gasteiger partial charge in [0, 0.05) is 39.1 Å². The number of aromatic nitrogens is 1. The zero-order valence-electron chi connectivity index (χ0n) is 14.6. The van der Waals surface area contributed by atoms with Crippen LogP contribution in [-0.4, -0.2) is 54.7 Å². The Hall–Kier alpha value is -1.69. The van der Waals surface area contributed by atoms with E-state index in [4.69, 9.17) is 4.74 Å². The molecule has 1 atom stereocenters. The lowest BCUT2D eigenvalue weighted by molar-refractivity contribution is -0.148. The Kier molecular flexibility index (Phi) is 4.63. The average Bonchev–Trinajstić information content (AvgIpc) is 3.22. The van der Waals surface area contributed by atoms with Crippen molar-refractivity contribution in [3.05, 3.63) is 24.1 Å². The third-order valence-electron chi connectivity index (χ3n) is 6.06. The molecular formula is C19H26FN3O2. The number of rotatable bonds is 4. The van der Waals surface area contributed by atoms with Crippen LogP contribution in [-0.2, 0) is 9.53 Å². The first-order valence-electron chi connectivity index (χ1n) is 9.45. The number of piperazine rings is 1. The summed E-state index contributed by atoms with van der Waals surface area (Å²) in [5.41, 5.74) is -0.141. The van der Waals surface area contributed by atoms with Gasteiger partial charge < -0.3 is 9.64 Å². The minimum Gasteiger partial charge on any atom is -0.462 e. The summed E-state index contributed by atoms with van der Waals surface area (Å²) >= 11 is 0. The number of carbonyl (C=O) groups excluding carboxylic acids is 1. The minimum atomic E-state index is -0.298. The van der Waals surface area contributed by atoms with Crippen LogP contribution in [0.5, 0.6) is 0 Å². The Morgan fingerprint density at radius 1 is 1.20 bits per heavy atom. The van der Waals surface area contributed by atoms with Crippen LogP contribution in [0.1, 0.15) is 38.5 Å². The van der Waals surface area contributed by atoms with Crippen molar-refractivity contribution in [3.8, 4) is 0 Å². The van der Waals surface area contributed by atoms with Crippen molar-refractivity contribution in [1.82, 2.24) is 9.88 Å². The molecule has 2 aliphatic heterocycles. The van der Waals surface area contributed by atoms with E-state index < -0.39 is 0 Å². The number of hydrogen-bond donors (Lipinski definition) is 0. The fourth-order valence-electron chi connectivity index (χ4n) is 4.54. The fraction of sp³-hybridized carbons (Fsp3) is 0.684. The molecule has 4 rings (SSSR count). The van der Waals surface area contributed by atoms with E-state index in [9.17, 15) is 9.18 Å². The Morgan fingerprint density at radius 3 is 2.64 bits per heavy atom. The van der Waals surface area contributed by atoms with Crippen molar-refractivity contribution in [1.29, 1.82) is 0 Å². The predicted octanol–water partition coefficient (Wildman–Crippen LogP) is 2.61. The molecular weight excluding hydrogens is 321 g/mol. The van der Waals surface area contributed by atoms with E-state index in [1.807, 2.05) is 0 Å². The maximum atomic E-state index is 13.0. The smallest absolute Gasteiger partial charge is 0.312 e. The largest absolute Gasteiger partial charge is 0.462 e. The monoisotopic (exact) mass is 347 g/mol. The van der Waals surface area contributed by atoms with Crippen molar-refractivity contribution in [2.24, 2.45) is 5.41 Å². The highest BCUT2D eigenvalue weighted by atomic mass is 19.1. The van der Waals surface area contributed by atoms with Crippen molar-refractivity contribution < 1.29 is 13.9 Å². The number of esters is 1. The van der Waals surface area contributed by atoms with E-state index in [2.05, 4.69) is 14.8 Å². The lowest BCUT2D eigenvalue weighted by Gasteiger charge is -2.35. The molecule has 2 saturated heterocycles. The Balaban J connectivity index is 1.23. The summed E-state index contributed by atoms with van der Waals surface area (Å²) in [6.07, 6.45) is 7.60. The number of pyridine rings is 1. The highest BCUT2D eigenvalue weighted by Gasteiger charge is 2.50. The van der Waals surface area contributed by atoms with Gasteiger partial charge >= 0.3 is 5.97 Å². The Morgan fingerprint density at radius 2 is 1.96 bits per heavy atom. The normalized spacial score (nSPS) is 26.4. The number of nitrogens with zero attached hydrogens (tertiary/aromatic N) is 3. The molecule has 1 spiro atoms. The van der Waals surface area contributed by atoms with Gasteiger partial charge in [0.1, 0.15) is 17.7 Å². The van der Waals surface area contributed by atoms with E-state index in [0.717, 1.165) is 64.2 Å². The van der Waals surface area contributed by atoms with Gasteiger partial charge in [-0.05, 0) is 31.4 Å². The first kappa shape index (κ1) is 16.8. The summed E-state index contributed by atoms with van der Waals surface area (Å²) in [5.74, 6) is 0.602. The number of anilines is 1. The zero-order chi connectivity index (χ0) is 17.3. The quantitative estimate of drug-likeness (QED) is 0.784. The number of ether oxygens (including phenoxy) is 1. The maximum absolute atomic E-state index is 13.0. The van der Waals surface area contributed by atoms with Crippen molar-refractivity contribution in [2.45, 2.75) is 44.6 Å². The molecule has 1 aliphatic carbocycles. The molecule has 0 unspecified atom stereocenters. The summed E-state index contributed by atoms with van der Waals surface area (Å²) < 4.78 is 18.6. The van der Waals surface area contributed by atoms with Crippen LogP contribution in [0.25, 0.3) is 0 Å². The fourth-order valence-corrected chi connectivity index (χ4v) is 4.54. The van der Waals surface area contributed by atoms with Gasteiger partial charge in [0.2, 0.25) is 0 Å². The van der Waals surface area contributed by atoms with Gasteiger partial charge in [-0.25, -0.2) is 9.37 Å². The van der Waals surface area contributed by atoms with Gasteiger partial charge in [-0.15, -0.1) is 0 Å². The topological polar surface area (TPSA) is 45.7 Å². The molecule has 6 heteroatoms. The van der Waals surface area contributed by atoms with Crippen molar-refractivity contribution in [2.75, 3.05) is 37.6 Å². The Bertz CT molecular complexity index is 608. The van der Waals surface area contributed by atoms with Gasteiger partial charge in [-0.2, -0.15) is 0 Å². The Labute approximate surface area is 148 Å².